The van der Waals surface area contributed by atoms with Crippen molar-refractivity contribution >= 4 is 28.9 Å². The van der Waals surface area contributed by atoms with E-state index in [2.05, 4.69) is 15.3 Å². The second-order valence-electron chi connectivity index (χ2n) is 7.33. The normalized spacial score (nSPS) is 22.5. The maximum atomic E-state index is 12.9. The minimum Gasteiger partial charge on any atom is -0.465 e. The van der Waals surface area contributed by atoms with Crippen molar-refractivity contribution in [2.75, 3.05) is 39.4 Å². The van der Waals surface area contributed by atoms with Crippen LogP contribution in [0.5, 0.6) is 0 Å². The molecule has 154 valence electrons. The minimum absolute atomic E-state index is 0.0952. The van der Waals surface area contributed by atoms with Gasteiger partial charge in [0.2, 0.25) is 5.91 Å². The molecule has 0 aliphatic carbocycles. The summed E-state index contributed by atoms with van der Waals surface area (Å²) in [7, 11) is 0. The predicted molar refractivity (Wildman–Crippen MR) is 102 cm³/mol. The Labute approximate surface area is 166 Å². The molecule has 2 aliphatic rings. The maximum Gasteiger partial charge on any atom is 0.407 e. The van der Waals surface area contributed by atoms with Gasteiger partial charge in [0.05, 0.1) is 30.2 Å². The molecule has 2 aliphatic heterocycles. The number of ether oxygens (including phenoxy) is 1. The molecule has 2 aromatic rings. The molecule has 29 heavy (non-hydrogen) atoms. The summed E-state index contributed by atoms with van der Waals surface area (Å²) in [5.74, 6) is -0.855. The van der Waals surface area contributed by atoms with Gasteiger partial charge in [0.25, 0.3) is 5.91 Å². The number of aromatic nitrogens is 2. The van der Waals surface area contributed by atoms with E-state index >= 15 is 0 Å². The van der Waals surface area contributed by atoms with Crippen LogP contribution in [-0.4, -0.2) is 88.2 Å². The van der Waals surface area contributed by atoms with Gasteiger partial charge in [0.15, 0.2) is 5.82 Å². The molecule has 4 rings (SSSR count). The first-order chi connectivity index (χ1) is 14.0. The number of likely N-dealkylation sites (tertiary alicyclic amines) is 1. The van der Waals surface area contributed by atoms with Gasteiger partial charge in [0.1, 0.15) is 0 Å². The first-order valence-corrected chi connectivity index (χ1v) is 9.61. The number of morpholine rings is 1. The Balaban J connectivity index is 1.47. The lowest BCUT2D eigenvalue weighted by molar-refractivity contribution is -0.141. The molecule has 0 spiro atoms. The van der Waals surface area contributed by atoms with Crippen molar-refractivity contribution in [1.29, 1.82) is 0 Å². The van der Waals surface area contributed by atoms with E-state index in [1.807, 2.05) is 18.2 Å². The fourth-order valence-electron chi connectivity index (χ4n) is 3.89. The Kier molecular flexibility index (Phi) is 5.34. The summed E-state index contributed by atoms with van der Waals surface area (Å²) < 4.78 is 5.28. The van der Waals surface area contributed by atoms with Crippen LogP contribution >= 0.6 is 0 Å². The number of carbonyl (C=O) groups is 3. The predicted octanol–water partition coefficient (Wildman–Crippen LogP) is 0.520. The van der Waals surface area contributed by atoms with Gasteiger partial charge in [-0.1, -0.05) is 12.1 Å². The summed E-state index contributed by atoms with van der Waals surface area (Å²) >= 11 is 0. The number of H-pyrrole nitrogens is 1. The fourth-order valence-corrected chi connectivity index (χ4v) is 3.89. The van der Waals surface area contributed by atoms with Gasteiger partial charge in [-0.15, -0.1) is 0 Å². The van der Waals surface area contributed by atoms with Crippen LogP contribution in [0.3, 0.4) is 0 Å². The van der Waals surface area contributed by atoms with E-state index in [9.17, 15) is 19.5 Å². The SMILES string of the molecule is O=C(N[C@H]1C[C@@H](C(=O)N2CCOCC2)CN(C(=O)O)C1)c1nc2ccccc2[nH]1. The van der Waals surface area contributed by atoms with Gasteiger partial charge in [-0.05, 0) is 18.6 Å². The Morgan fingerprint density at radius 1 is 1.14 bits per heavy atom. The van der Waals surface area contributed by atoms with E-state index < -0.39 is 24.0 Å². The number of carbonyl (C=O) groups excluding carboxylic acids is 2. The zero-order valence-corrected chi connectivity index (χ0v) is 15.8. The lowest BCUT2D eigenvalue weighted by Gasteiger charge is -2.38. The number of fused-ring (bicyclic) bond motifs is 1. The van der Waals surface area contributed by atoms with Crippen molar-refractivity contribution in [2.45, 2.75) is 12.5 Å². The van der Waals surface area contributed by atoms with Gasteiger partial charge in [-0.25, -0.2) is 9.78 Å². The molecule has 1 aromatic heterocycles. The average Bonchev–Trinajstić information content (AvgIpc) is 3.18. The Bertz CT molecular complexity index is 890. The Hall–Kier alpha value is -3.14. The van der Waals surface area contributed by atoms with Gasteiger partial charge < -0.3 is 29.9 Å². The van der Waals surface area contributed by atoms with Crippen molar-refractivity contribution < 1.29 is 24.2 Å². The quantitative estimate of drug-likeness (QED) is 0.688. The topological polar surface area (TPSA) is 128 Å². The second-order valence-corrected chi connectivity index (χ2v) is 7.33. The molecular formula is C19H23N5O5. The first-order valence-electron chi connectivity index (χ1n) is 9.61. The van der Waals surface area contributed by atoms with Gasteiger partial charge >= 0.3 is 6.09 Å². The zero-order chi connectivity index (χ0) is 20.4. The molecule has 3 amide bonds. The number of nitrogens with zero attached hydrogens (tertiary/aromatic N) is 3. The molecule has 2 saturated heterocycles. The number of nitrogens with one attached hydrogen (secondary N) is 2. The minimum atomic E-state index is -1.10. The monoisotopic (exact) mass is 401 g/mol. The number of hydrogen-bond donors (Lipinski definition) is 3. The summed E-state index contributed by atoms with van der Waals surface area (Å²) in [6.45, 7) is 2.22. The summed E-state index contributed by atoms with van der Waals surface area (Å²) in [4.78, 5) is 47.2. The average molecular weight is 401 g/mol. The van der Waals surface area contributed by atoms with Crippen LogP contribution in [0.25, 0.3) is 11.0 Å². The van der Waals surface area contributed by atoms with E-state index in [1.54, 1.807) is 11.0 Å². The summed E-state index contributed by atoms with van der Waals surface area (Å²) in [5.41, 5.74) is 1.42. The van der Waals surface area contributed by atoms with Crippen LogP contribution in [0.4, 0.5) is 4.79 Å². The standard InChI is InChI=1S/C19H23N5O5/c25-17(16-21-14-3-1-2-4-15(14)22-16)20-13-9-12(10-24(11-13)19(27)28)18(26)23-5-7-29-8-6-23/h1-4,12-13H,5-11H2,(H,20,25)(H,21,22)(H,27,28)/t12-,13+/m1/s1. The zero-order valence-electron chi connectivity index (χ0n) is 15.8. The van der Waals surface area contributed by atoms with Crippen LogP contribution in [0.1, 0.15) is 17.0 Å². The Morgan fingerprint density at radius 3 is 2.62 bits per heavy atom. The highest BCUT2D eigenvalue weighted by Crippen LogP contribution is 2.21. The number of carboxylic acid groups (broad SMARTS) is 1. The van der Waals surface area contributed by atoms with Gasteiger partial charge in [-0.3, -0.25) is 9.59 Å². The molecule has 0 radical (unpaired) electrons. The summed E-state index contributed by atoms with van der Waals surface area (Å²) in [6.07, 6.45) is -0.723. The smallest absolute Gasteiger partial charge is 0.407 e. The van der Waals surface area contributed by atoms with E-state index in [1.165, 1.54) is 4.90 Å². The number of rotatable bonds is 3. The Morgan fingerprint density at radius 2 is 1.90 bits per heavy atom. The number of piperidine rings is 1. The van der Waals surface area contributed by atoms with Crippen LogP contribution < -0.4 is 5.32 Å². The number of para-hydroxylation sites is 2. The molecule has 0 unspecified atom stereocenters. The molecule has 10 nitrogen and oxygen atoms in total. The third-order valence-corrected chi connectivity index (χ3v) is 5.33. The molecule has 10 heteroatoms. The van der Waals surface area contributed by atoms with Crippen molar-refractivity contribution in [2.24, 2.45) is 5.92 Å². The van der Waals surface area contributed by atoms with E-state index in [-0.39, 0.29) is 24.8 Å². The molecule has 0 bridgehead atoms. The van der Waals surface area contributed by atoms with E-state index in [0.717, 1.165) is 5.52 Å². The maximum absolute atomic E-state index is 12.9. The lowest BCUT2D eigenvalue weighted by Crippen LogP contribution is -2.56. The first kappa shape index (κ1) is 19.2. The van der Waals surface area contributed by atoms with Crippen LogP contribution in [0.2, 0.25) is 0 Å². The fraction of sp³-hybridized carbons (Fsp3) is 0.474. The number of hydrogen-bond acceptors (Lipinski definition) is 5. The third kappa shape index (κ3) is 4.16. The molecule has 0 saturated carbocycles. The lowest BCUT2D eigenvalue weighted by atomic mass is 9.92. The van der Waals surface area contributed by atoms with Crippen LogP contribution in [-0.2, 0) is 9.53 Å². The van der Waals surface area contributed by atoms with E-state index in [4.69, 9.17) is 4.74 Å². The number of benzene rings is 1. The largest absolute Gasteiger partial charge is 0.465 e. The molecule has 3 N–H and O–H groups in total. The van der Waals surface area contributed by atoms with Crippen molar-refractivity contribution in [3.63, 3.8) is 0 Å². The van der Waals surface area contributed by atoms with Crippen molar-refractivity contribution in [1.82, 2.24) is 25.1 Å². The second kappa shape index (κ2) is 8.08. The third-order valence-electron chi connectivity index (χ3n) is 5.33. The van der Waals surface area contributed by atoms with Gasteiger partial charge in [-0.2, -0.15) is 0 Å². The number of imidazole rings is 1. The summed E-state index contributed by atoms with van der Waals surface area (Å²) in [5, 5.41) is 12.3. The van der Waals surface area contributed by atoms with Crippen molar-refractivity contribution in [3.05, 3.63) is 30.1 Å². The highest BCUT2D eigenvalue weighted by atomic mass is 16.5. The number of aromatic amines is 1. The molecule has 3 heterocycles. The molecule has 2 atom stereocenters. The molecule has 2 fully saturated rings. The van der Waals surface area contributed by atoms with Crippen LogP contribution in [0.15, 0.2) is 24.3 Å². The number of amides is 3. The highest BCUT2D eigenvalue weighted by molar-refractivity contribution is 5.94. The van der Waals surface area contributed by atoms with Gasteiger partial charge in [0, 0.05) is 32.2 Å². The summed E-state index contributed by atoms with van der Waals surface area (Å²) in [6, 6.07) is 6.82. The molecular weight excluding hydrogens is 378 g/mol. The highest BCUT2D eigenvalue weighted by Gasteiger charge is 2.37. The van der Waals surface area contributed by atoms with Crippen molar-refractivity contribution in [3.8, 4) is 0 Å². The van der Waals surface area contributed by atoms with E-state index in [0.29, 0.717) is 38.2 Å². The van der Waals surface area contributed by atoms with Crippen LogP contribution in [0, 0.1) is 5.92 Å². The molecule has 1 aromatic carbocycles.